The number of pyridine rings is 1. The molecular weight excluding hydrogens is 448 g/mol. The van der Waals surface area contributed by atoms with Crippen molar-refractivity contribution in [2.24, 2.45) is 0 Å². The van der Waals surface area contributed by atoms with Gasteiger partial charge in [0.2, 0.25) is 15.8 Å². The number of sulfonamides is 1. The van der Waals surface area contributed by atoms with Gasteiger partial charge in [0, 0.05) is 31.0 Å². The summed E-state index contributed by atoms with van der Waals surface area (Å²) in [6.45, 7) is 5.83. The number of hydrogen-bond donors (Lipinski definition) is 0. The number of hydrogen-bond acceptors (Lipinski definition) is 9. The van der Waals surface area contributed by atoms with E-state index in [-0.39, 0.29) is 41.6 Å². The van der Waals surface area contributed by atoms with Crippen molar-refractivity contribution in [1.82, 2.24) is 19.4 Å². The summed E-state index contributed by atoms with van der Waals surface area (Å²) in [6, 6.07) is 9.17. The first kappa shape index (κ1) is 23.0. The van der Waals surface area contributed by atoms with E-state index in [0.717, 1.165) is 0 Å². The first-order valence-electron chi connectivity index (χ1n) is 10.4. The number of morpholine rings is 1. The Balaban J connectivity index is 1.43. The summed E-state index contributed by atoms with van der Waals surface area (Å²) < 4.78 is 43.6. The van der Waals surface area contributed by atoms with Crippen LogP contribution >= 0.6 is 0 Å². The molecule has 0 radical (unpaired) electrons. The standard InChI is InChI=1S/C22H24N4O6S/c1-14-12-26(13-15(2)30-14)33(28,29)19-8-6-17(7-9-19)22(27)31-16(3)21-24-20(25-32-21)18-5-4-10-23-11-18/h4-11,14-16H,12-13H2,1-3H3. The van der Waals surface area contributed by atoms with Crippen LogP contribution in [0.25, 0.3) is 11.4 Å². The van der Waals surface area contributed by atoms with Gasteiger partial charge in [-0.25, -0.2) is 13.2 Å². The van der Waals surface area contributed by atoms with Crippen molar-refractivity contribution in [2.45, 2.75) is 44.0 Å². The summed E-state index contributed by atoms with van der Waals surface area (Å²) in [4.78, 5) is 20.9. The lowest BCUT2D eigenvalue weighted by Gasteiger charge is -2.34. The van der Waals surface area contributed by atoms with Crippen LogP contribution in [0.15, 0.2) is 58.2 Å². The molecule has 3 atom stereocenters. The van der Waals surface area contributed by atoms with E-state index in [0.29, 0.717) is 11.4 Å². The summed E-state index contributed by atoms with van der Waals surface area (Å²) >= 11 is 0. The maximum Gasteiger partial charge on any atom is 0.338 e. The normalized spacial score (nSPS) is 20.3. The predicted octanol–water partition coefficient (Wildman–Crippen LogP) is 2.85. The highest BCUT2D eigenvalue weighted by Gasteiger charge is 2.32. The van der Waals surface area contributed by atoms with E-state index < -0.39 is 22.1 Å². The van der Waals surface area contributed by atoms with Crippen LogP contribution < -0.4 is 0 Å². The molecule has 0 saturated carbocycles. The van der Waals surface area contributed by atoms with Crippen LogP contribution in [0, 0.1) is 0 Å². The molecule has 1 aliphatic heterocycles. The first-order valence-corrected chi connectivity index (χ1v) is 11.9. The predicted molar refractivity (Wildman–Crippen MR) is 117 cm³/mol. The van der Waals surface area contributed by atoms with Crippen LogP contribution in [-0.2, 0) is 19.5 Å². The zero-order valence-electron chi connectivity index (χ0n) is 18.4. The molecular formula is C22H24N4O6S. The van der Waals surface area contributed by atoms with Gasteiger partial charge in [-0.3, -0.25) is 4.98 Å². The number of nitrogens with zero attached hydrogens (tertiary/aromatic N) is 4. The summed E-state index contributed by atoms with van der Waals surface area (Å²) in [6.07, 6.45) is 2.05. The minimum Gasteiger partial charge on any atom is -0.449 e. The number of benzene rings is 1. The third-order valence-electron chi connectivity index (χ3n) is 5.11. The van der Waals surface area contributed by atoms with Gasteiger partial charge in [-0.1, -0.05) is 5.16 Å². The second-order valence-corrected chi connectivity index (χ2v) is 9.79. The fraction of sp³-hybridized carbons (Fsp3) is 0.364. The van der Waals surface area contributed by atoms with Crippen LogP contribution in [0.2, 0.25) is 0 Å². The summed E-state index contributed by atoms with van der Waals surface area (Å²) in [5.74, 6) is -0.166. The van der Waals surface area contributed by atoms with E-state index in [2.05, 4.69) is 15.1 Å². The van der Waals surface area contributed by atoms with Crippen molar-refractivity contribution < 1.29 is 27.2 Å². The highest BCUT2D eigenvalue weighted by molar-refractivity contribution is 7.89. The molecule has 2 aromatic heterocycles. The summed E-state index contributed by atoms with van der Waals surface area (Å²) in [5, 5.41) is 3.88. The van der Waals surface area contributed by atoms with E-state index in [1.165, 1.54) is 28.6 Å². The maximum atomic E-state index is 13.0. The third kappa shape index (κ3) is 5.10. The molecule has 1 aliphatic rings. The molecule has 11 heteroatoms. The van der Waals surface area contributed by atoms with Gasteiger partial charge < -0.3 is 14.0 Å². The molecule has 0 spiro atoms. The molecule has 3 unspecified atom stereocenters. The highest BCUT2D eigenvalue weighted by atomic mass is 32.2. The van der Waals surface area contributed by atoms with Gasteiger partial charge in [-0.2, -0.15) is 9.29 Å². The third-order valence-corrected chi connectivity index (χ3v) is 6.95. The van der Waals surface area contributed by atoms with Crippen LogP contribution in [0.3, 0.4) is 0 Å². The lowest BCUT2D eigenvalue weighted by atomic mass is 10.2. The van der Waals surface area contributed by atoms with Gasteiger partial charge in [-0.15, -0.1) is 0 Å². The van der Waals surface area contributed by atoms with E-state index in [1.807, 2.05) is 13.8 Å². The Hall–Kier alpha value is -3.15. The number of rotatable bonds is 6. The Morgan fingerprint density at radius 1 is 1.15 bits per heavy atom. The number of carbonyl (C=O) groups excluding carboxylic acids is 1. The Kier molecular flexibility index (Phi) is 6.54. The SMILES string of the molecule is CC1CN(S(=O)(=O)c2ccc(C(=O)OC(C)c3nc(-c4cccnc4)no3)cc2)CC(C)O1. The van der Waals surface area contributed by atoms with Crippen LogP contribution in [-0.4, -0.2) is 59.1 Å². The van der Waals surface area contributed by atoms with E-state index in [1.54, 1.807) is 31.5 Å². The Morgan fingerprint density at radius 2 is 1.85 bits per heavy atom. The summed E-state index contributed by atoms with van der Waals surface area (Å²) in [7, 11) is -3.70. The van der Waals surface area contributed by atoms with Crippen molar-refractivity contribution in [3.8, 4) is 11.4 Å². The lowest BCUT2D eigenvalue weighted by Crippen LogP contribution is -2.48. The largest absolute Gasteiger partial charge is 0.449 e. The zero-order chi connectivity index (χ0) is 23.6. The van der Waals surface area contributed by atoms with Gasteiger partial charge in [0.15, 0.2) is 6.10 Å². The lowest BCUT2D eigenvalue weighted by molar-refractivity contribution is -0.0440. The molecule has 1 saturated heterocycles. The average molecular weight is 473 g/mol. The molecule has 0 N–H and O–H groups in total. The van der Waals surface area contributed by atoms with Crippen LogP contribution in [0.5, 0.6) is 0 Å². The molecule has 3 heterocycles. The van der Waals surface area contributed by atoms with Crippen molar-refractivity contribution in [3.63, 3.8) is 0 Å². The molecule has 4 rings (SSSR count). The molecule has 0 aliphatic carbocycles. The van der Waals surface area contributed by atoms with Gasteiger partial charge in [0.25, 0.3) is 5.89 Å². The number of carbonyl (C=O) groups is 1. The smallest absolute Gasteiger partial charge is 0.338 e. The van der Waals surface area contributed by atoms with Crippen molar-refractivity contribution in [3.05, 3.63) is 60.2 Å². The number of ether oxygens (including phenoxy) is 2. The quantitative estimate of drug-likeness (QED) is 0.498. The van der Waals surface area contributed by atoms with Crippen molar-refractivity contribution in [1.29, 1.82) is 0 Å². The van der Waals surface area contributed by atoms with E-state index >= 15 is 0 Å². The van der Waals surface area contributed by atoms with Crippen LogP contribution in [0.4, 0.5) is 0 Å². The van der Waals surface area contributed by atoms with Gasteiger partial charge >= 0.3 is 5.97 Å². The zero-order valence-corrected chi connectivity index (χ0v) is 19.2. The monoisotopic (exact) mass is 472 g/mol. The molecule has 0 bridgehead atoms. The highest BCUT2D eigenvalue weighted by Crippen LogP contribution is 2.24. The van der Waals surface area contributed by atoms with Gasteiger partial charge in [0.05, 0.1) is 22.7 Å². The van der Waals surface area contributed by atoms with Gasteiger partial charge in [0.1, 0.15) is 0 Å². The Morgan fingerprint density at radius 3 is 2.48 bits per heavy atom. The fourth-order valence-corrected chi connectivity index (χ4v) is 5.12. The van der Waals surface area contributed by atoms with Gasteiger partial charge in [-0.05, 0) is 57.2 Å². The molecule has 0 amide bonds. The molecule has 10 nitrogen and oxygen atoms in total. The minimum absolute atomic E-state index is 0.103. The Bertz CT molecular complexity index is 1200. The van der Waals surface area contributed by atoms with Crippen molar-refractivity contribution in [2.75, 3.05) is 13.1 Å². The number of esters is 1. The molecule has 1 aromatic carbocycles. The molecule has 3 aromatic rings. The van der Waals surface area contributed by atoms with E-state index in [9.17, 15) is 13.2 Å². The second-order valence-electron chi connectivity index (χ2n) is 7.85. The maximum absolute atomic E-state index is 13.0. The topological polar surface area (TPSA) is 125 Å². The molecule has 1 fully saturated rings. The number of aromatic nitrogens is 3. The average Bonchev–Trinajstić information content (AvgIpc) is 3.30. The fourth-order valence-electron chi connectivity index (χ4n) is 3.53. The minimum atomic E-state index is -3.70. The summed E-state index contributed by atoms with van der Waals surface area (Å²) in [5.41, 5.74) is 0.878. The first-order chi connectivity index (χ1) is 15.7. The second kappa shape index (κ2) is 9.38. The van der Waals surface area contributed by atoms with Crippen LogP contribution in [0.1, 0.15) is 43.1 Å². The van der Waals surface area contributed by atoms with Crippen molar-refractivity contribution >= 4 is 16.0 Å². The van der Waals surface area contributed by atoms with E-state index in [4.69, 9.17) is 14.0 Å². The Labute approximate surface area is 191 Å². The molecule has 174 valence electrons. The molecule has 33 heavy (non-hydrogen) atoms.